The Morgan fingerprint density at radius 1 is 1.17 bits per heavy atom. The van der Waals surface area contributed by atoms with E-state index in [2.05, 4.69) is 10.3 Å². The van der Waals surface area contributed by atoms with Crippen LogP contribution in [0.15, 0.2) is 42.7 Å². The lowest BCUT2D eigenvalue weighted by atomic mass is 10.1. The number of nitrogens with zero attached hydrogens (tertiary/aromatic N) is 1. The minimum atomic E-state index is -1.12. The molecule has 0 radical (unpaired) electrons. The summed E-state index contributed by atoms with van der Waals surface area (Å²) in [6, 6.07) is 8.16. The summed E-state index contributed by atoms with van der Waals surface area (Å²) in [7, 11) is 0. The molecule has 0 saturated heterocycles. The zero-order valence-electron chi connectivity index (χ0n) is 12.4. The molecule has 24 heavy (non-hydrogen) atoms. The Hall–Kier alpha value is -2.31. The van der Waals surface area contributed by atoms with Gasteiger partial charge in [0.15, 0.2) is 0 Å². The summed E-state index contributed by atoms with van der Waals surface area (Å²) < 4.78 is 5.10. The van der Waals surface area contributed by atoms with Gasteiger partial charge in [-0.3, -0.25) is 9.78 Å². The van der Waals surface area contributed by atoms with Crippen LogP contribution in [0.4, 0.5) is 4.79 Å². The highest BCUT2D eigenvalue weighted by Crippen LogP contribution is 2.31. The summed E-state index contributed by atoms with van der Waals surface area (Å²) in [5, 5.41) is 11.9. The van der Waals surface area contributed by atoms with Crippen LogP contribution < -0.4 is 5.32 Å². The van der Waals surface area contributed by atoms with Gasteiger partial charge in [0.1, 0.15) is 6.61 Å². The molecule has 0 saturated carbocycles. The molecule has 0 fully saturated rings. The second-order valence-corrected chi connectivity index (χ2v) is 5.69. The van der Waals surface area contributed by atoms with Crippen LogP contribution in [-0.2, 0) is 16.1 Å². The van der Waals surface area contributed by atoms with E-state index in [0.717, 1.165) is 5.56 Å². The van der Waals surface area contributed by atoms with E-state index in [1.807, 2.05) is 18.2 Å². The van der Waals surface area contributed by atoms with Gasteiger partial charge in [-0.15, -0.1) is 0 Å². The van der Waals surface area contributed by atoms with Crippen LogP contribution in [-0.4, -0.2) is 22.2 Å². The lowest BCUT2D eigenvalue weighted by molar-refractivity contribution is -0.137. The van der Waals surface area contributed by atoms with Crippen molar-refractivity contribution >= 4 is 35.3 Å². The molecule has 1 aromatic heterocycles. The average molecular weight is 369 g/mol. The standard InChI is InChI=1S/C16H14Cl2N2O4/c17-11-7-19-8-12(18)15(11)13(6-14(21)22)20-16(23)24-9-10-4-2-1-3-5-10/h1-5,7-8,13H,6,9H2,(H,20,23)(H,21,22)/t13-/m1/s1. The third-order valence-corrected chi connectivity index (χ3v) is 3.72. The fourth-order valence-corrected chi connectivity index (χ4v) is 2.69. The van der Waals surface area contributed by atoms with E-state index in [9.17, 15) is 9.59 Å². The highest BCUT2D eigenvalue weighted by atomic mass is 35.5. The van der Waals surface area contributed by atoms with Gasteiger partial charge < -0.3 is 15.2 Å². The number of carbonyl (C=O) groups excluding carboxylic acids is 1. The smallest absolute Gasteiger partial charge is 0.407 e. The van der Waals surface area contributed by atoms with Crippen LogP contribution in [0, 0.1) is 0 Å². The minimum Gasteiger partial charge on any atom is -0.481 e. The van der Waals surface area contributed by atoms with Crippen molar-refractivity contribution in [1.82, 2.24) is 10.3 Å². The molecule has 126 valence electrons. The first-order chi connectivity index (χ1) is 11.5. The minimum absolute atomic E-state index is 0.0598. The number of carboxylic acids is 1. The summed E-state index contributed by atoms with van der Waals surface area (Å²) in [4.78, 5) is 26.9. The molecule has 0 bridgehead atoms. The van der Waals surface area contributed by atoms with E-state index in [1.54, 1.807) is 12.1 Å². The topological polar surface area (TPSA) is 88.5 Å². The monoisotopic (exact) mass is 368 g/mol. The van der Waals surface area contributed by atoms with E-state index in [0.29, 0.717) is 0 Å². The Bertz CT molecular complexity index is 705. The number of hydrogen-bond donors (Lipinski definition) is 2. The maximum atomic E-state index is 12.0. The number of nitrogens with one attached hydrogen (secondary N) is 1. The molecule has 1 aromatic carbocycles. The maximum absolute atomic E-state index is 12.0. The summed E-state index contributed by atoms with van der Waals surface area (Å²) in [6.45, 7) is 0.0598. The number of rotatable bonds is 6. The van der Waals surface area contributed by atoms with Crippen molar-refractivity contribution in [3.63, 3.8) is 0 Å². The number of halogens is 2. The van der Waals surface area contributed by atoms with Crippen molar-refractivity contribution < 1.29 is 19.4 Å². The first-order valence-corrected chi connectivity index (χ1v) is 7.71. The van der Waals surface area contributed by atoms with Crippen LogP contribution in [0.3, 0.4) is 0 Å². The Morgan fingerprint density at radius 2 is 1.79 bits per heavy atom. The Balaban J connectivity index is 2.08. The molecule has 1 heterocycles. The molecule has 6 nitrogen and oxygen atoms in total. The zero-order valence-corrected chi connectivity index (χ0v) is 13.9. The highest BCUT2D eigenvalue weighted by molar-refractivity contribution is 6.35. The van der Waals surface area contributed by atoms with Crippen molar-refractivity contribution in [3.05, 3.63) is 63.9 Å². The fourth-order valence-electron chi connectivity index (χ4n) is 2.06. The third-order valence-electron chi connectivity index (χ3n) is 3.12. The molecule has 2 N–H and O–H groups in total. The number of ether oxygens (including phenoxy) is 1. The van der Waals surface area contributed by atoms with Gasteiger partial charge in [-0.2, -0.15) is 0 Å². The normalized spacial score (nSPS) is 11.6. The van der Waals surface area contributed by atoms with Crippen molar-refractivity contribution in [3.8, 4) is 0 Å². The largest absolute Gasteiger partial charge is 0.481 e. The summed E-state index contributed by atoms with van der Waals surface area (Å²) in [5.41, 5.74) is 1.09. The average Bonchev–Trinajstić information content (AvgIpc) is 2.53. The molecule has 0 aliphatic carbocycles. The second-order valence-electron chi connectivity index (χ2n) is 4.87. The first kappa shape index (κ1) is 18.0. The van der Waals surface area contributed by atoms with E-state index >= 15 is 0 Å². The molecule has 2 rings (SSSR count). The van der Waals surface area contributed by atoms with E-state index in [1.165, 1.54) is 12.4 Å². The molecule has 0 unspecified atom stereocenters. The molecular weight excluding hydrogens is 355 g/mol. The van der Waals surface area contributed by atoms with Crippen LogP contribution in [0.5, 0.6) is 0 Å². The third kappa shape index (κ3) is 5.11. The Kier molecular flexibility index (Phi) is 6.40. The van der Waals surface area contributed by atoms with Crippen molar-refractivity contribution in [2.75, 3.05) is 0 Å². The van der Waals surface area contributed by atoms with Gasteiger partial charge in [0, 0.05) is 18.0 Å². The van der Waals surface area contributed by atoms with Gasteiger partial charge in [0.2, 0.25) is 0 Å². The van der Waals surface area contributed by atoms with Crippen LogP contribution in [0.25, 0.3) is 0 Å². The van der Waals surface area contributed by atoms with Gasteiger partial charge in [-0.05, 0) is 5.56 Å². The molecular formula is C16H14Cl2N2O4. The number of pyridine rings is 1. The molecule has 2 aromatic rings. The van der Waals surface area contributed by atoms with Gasteiger partial charge in [-0.1, -0.05) is 53.5 Å². The quantitative estimate of drug-likeness (QED) is 0.808. The molecule has 0 aliphatic rings. The number of amides is 1. The van der Waals surface area contributed by atoms with Gasteiger partial charge in [0.25, 0.3) is 0 Å². The molecule has 1 amide bonds. The van der Waals surface area contributed by atoms with Crippen LogP contribution in [0.1, 0.15) is 23.6 Å². The second kappa shape index (κ2) is 8.52. The SMILES string of the molecule is O=C(O)C[C@@H](NC(=O)OCc1ccccc1)c1c(Cl)cncc1Cl. The number of alkyl carbamates (subject to hydrolysis) is 1. The summed E-state index contributed by atoms with van der Waals surface area (Å²) >= 11 is 12.1. The molecule has 8 heteroatoms. The van der Waals surface area contributed by atoms with Crippen LogP contribution >= 0.6 is 23.2 Å². The van der Waals surface area contributed by atoms with Crippen molar-refractivity contribution in [2.45, 2.75) is 19.1 Å². The fraction of sp³-hybridized carbons (Fsp3) is 0.188. The lowest BCUT2D eigenvalue weighted by Gasteiger charge is -2.19. The van der Waals surface area contributed by atoms with E-state index in [-0.39, 0.29) is 22.2 Å². The number of aliphatic carboxylic acids is 1. The predicted molar refractivity (Wildman–Crippen MR) is 89.0 cm³/mol. The summed E-state index contributed by atoms with van der Waals surface area (Å²) in [6.07, 6.45) is 1.49. The van der Waals surface area contributed by atoms with Gasteiger partial charge >= 0.3 is 12.1 Å². The van der Waals surface area contributed by atoms with Crippen molar-refractivity contribution in [1.29, 1.82) is 0 Å². The Labute approximate surface area is 148 Å². The van der Waals surface area contributed by atoms with Gasteiger partial charge in [0.05, 0.1) is 22.5 Å². The first-order valence-electron chi connectivity index (χ1n) is 6.95. The lowest BCUT2D eigenvalue weighted by Crippen LogP contribution is -2.31. The van der Waals surface area contributed by atoms with Crippen LogP contribution in [0.2, 0.25) is 10.0 Å². The number of carbonyl (C=O) groups is 2. The highest BCUT2D eigenvalue weighted by Gasteiger charge is 2.24. The molecule has 1 atom stereocenters. The van der Waals surface area contributed by atoms with E-state index in [4.69, 9.17) is 33.0 Å². The van der Waals surface area contributed by atoms with Crippen molar-refractivity contribution in [2.24, 2.45) is 0 Å². The predicted octanol–water partition coefficient (Wildman–Crippen LogP) is 3.83. The zero-order chi connectivity index (χ0) is 17.5. The Morgan fingerprint density at radius 3 is 2.38 bits per heavy atom. The summed E-state index contributed by atoms with van der Waals surface area (Å²) in [5.74, 6) is -1.12. The number of benzene rings is 1. The van der Waals surface area contributed by atoms with E-state index < -0.39 is 24.5 Å². The molecule has 0 spiro atoms. The maximum Gasteiger partial charge on any atom is 0.407 e. The number of aromatic nitrogens is 1. The number of hydrogen-bond acceptors (Lipinski definition) is 4. The number of carboxylic acid groups (broad SMARTS) is 1. The molecule has 0 aliphatic heterocycles. The van der Waals surface area contributed by atoms with Gasteiger partial charge in [-0.25, -0.2) is 4.79 Å².